The van der Waals surface area contributed by atoms with Gasteiger partial charge in [0.1, 0.15) is 0 Å². The fourth-order valence-corrected chi connectivity index (χ4v) is 3.11. The molecule has 110 valence electrons. The first kappa shape index (κ1) is 13.8. The highest BCUT2D eigenvalue weighted by atomic mass is 16.5. The number of aromatic nitrogens is 2. The lowest BCUT2D eigenvalue weighted by Gasteiger charge is -2.36. The molecule has 1 unspecified atom stereocenters. The summed E-state index contributed by atoms with van der Waals surface area (Å²) in [5, 5.41) is 3.84. The van der Waals surface area contributed by atoms with Crippen LogP contribution in [-0.2, 0) is 6.54 Å². The van der Waals surface area contributed by atoms with E-state index in [1.165, 1.54) is 25.8 Å². The summed E-state index contributed by atoms with van der Waals surface area (Å²) in [6.45, 7) is 8.44. The third-order valence-corrected chi connectivity index (χ3v) is 4.29. The van der Waals surface area contributed by atoms with Crippen LogP contribution < -0.4 is 0 Å². The second-order valence-electron chi connectivity index (χ2n) is 5.96. The van der Waals surface area contributed by atoms with Crippen LogP contribution in [0.4, 0.5) is 0 Å². The van der Waals surface area contributed by atoms with E-state index >= 15 is 0 Å². The zero-order valence-electron chi connectivity index (χ0n) is 12.3. The van der Waals surface area contributed by atoms with Gasteiger partial charge in [-0.25, -0.2) is 0 Å². The third-order valence-electron chi connectivity index (χ3n) is 4.29. The molecule has 0 aromatic carbocycles. The van der Waals surface area contributed by atoms with Crippen LogP contribution >= 0.6 is 0 Å². The number of allylic oxidation sites excluding steroid dienone is 2. The maximum absolute atomic E-state index is 5.19. The topological polar surface area (TPSA) is 45.4 Å². The van der Waals surface area contributed by atoms with E-state index in [4.69, 9.17) is 4.52 Å². The molecule has 1 aliphatic carbocycles. The predicted octanol–water partition coefficient (Wildman–Crippen LogP) is 1.85. The number of piperazine rings is 1. The number of hydrogen-bond acceptors (Lipinski definition) is 5. The van der Waals surface area contributed by atoms with Gasteiger partial charge in [-0.1, -0.05) is 17.3 Å². The molecule has 1 aromatic heterocycles. The quantitative estimate of drug-likeness (QED) is 0.785. The Kier molecular flexibility index (Phi) is 4.47. The lowest BCUT2D eigenvalue weighted by Crippen LogP contribution is -2.47. The molecule has 5 heteroatoms. The lowest BCUT2D eigenvalue weighted by molar-refractivity contribution is 0.103. The molecule has 1 aliphatic heterocycles. The molecule has 0 saturated carbocycles. The fourth-order valence-electron chi connectivity index (χ4n) is 3.11. The molecule has 0 radical (unpaired) electrons. The van der Waals surface area contributed by atoms with Crippen molar-refractivity contribution in [2.45, 2.75) is 32.7 Å². The van der Waals surface area contributed by atoms with Crippen molar-refractivity contribution in [1.82, 2.24) is 19.9 Å². The fraction of sp³-hybridized carbons (Fsp3) is 0.733. The first-order valence-corrected chi connectivity index (χ1v) is 7.68. The lowest BCUT2D eigenvalue weighted by atomic mass is 9.94. The molecule has 0 bridgehead atoms. The molecule has 3 rings (SSSR count). The van der Waals surface area contributed by atoms with E-state index < -0.39 is 0 Å². The van der Waals surface area contributed by atoms with Gasteiger partial charge in [-0.2, -0.15) is 4.98 Å². The van der Waals surface area contributed by atoms with Crippen LogP contribution in [0.5, 0.6) is 0 Å². The van der Waals surface area contributed by atoms with Crippen molar-refractivity contribution in [3.8, 4) is 0 Å². The van der Waals surface area contributed by atoms with Crippen molar-refractivity contribution in [1.29, 1.82) is 0 Å². The molecule has 0 amide bonds. The van der Waals surface area contributed by atoms with E-state index in [2.05, 4.69) is 32.1 Å². The van der Waals surface area contributed by atoms with Gasteiger partial charge in [-0.3, -0.25) is 4.90 Å². The van der Waals surface area contributed by atoms with Gasteiger partial charge in [0.25, 0.3) is 0 Å². The first-order valence-electron chi connectivity index (χ1n) is 7.68. The zero-order chi connectivity index (χ0) is 13.8. The highest BCUT2D eigenvalue weighted by molar-refractivity contribution is 4.91. The number of rotatable bonds is 4. The normalized spacial score (nSPS) is 25.1. The average Bonchev–Trinajstić information content (AvgIpc) is 2.88. The largest absolute Gasteiger partial charge is 0.338 e. The molecule has 0 spiro atoms. The summed E-state index contributed by atoms with van der Waals surface area (Å²) in [7, 11) is 0. The van der Waals surface area contributed by atoms with E-state index in [0.29, 0.717) is 0 Å². The molecule has 5 nitrogen and oxygen atoms in total. The van der Waals surface area contributed by atoms with Crippen molar-refractivity contribution in [3.05, 3.63) is 23.9 Å². The first-order chi connectivity index (χ1) is 9.79. The van der Waals surface area contributed by atoms with Crippen LogP contribution in [0, 0.1) is 12.8 Å². The smallest absolute Gasteiger partial charge is 0.240 e. The van der Waals surface area contributed by atoms with Crippen molar-refractivity contribution in [3.63, 3.8) is 0 Å². The SMILES string of the molecule is Cc1noc(CN2CCN(CC3CC=CCC3)CC2)n1. The summed E-state index contributed by atoms with van der Waals surface area (Å²) in [4.78, 5) is 9.29. The minimum absolute atomic E-state index is 0.726. The summed E-state index contributed by atoms with van der Waals surface area (Å²) in [5.74, 6) is 2.34. The predicted molar refractivity (Wildman–Crippen MR) is 77.2 cm³/mol. The van der Waals surface area contributed by atoms with Crippen LogP contribution in [0.25, 0.3) is 0 Å². The summed E-state index contributed by atoms with van der Waals surface area (Å²) in [6.07, 6.45) is 8.56. The van der Waals surface area contributed by atoms with Gasteiger partial charge in [0.2, 0.25) is 5.89 Å². The van der Waals surface area contributed by atoms with E-state index in [1.54, 1.807) is 0 Å². The standard InChI is InChI=1S/C15H24N4O/c1-13-16-15(20-17-13)12-19-9-7-18(8-10-19)11-14-5-3-2-4-6-14/h2-3,14H,4-12H2,1H3. The molecule has 20 heavy (non-hydrogen) atoms. The van der Waals surface area contributed by atoms with Crippen molar-refractivity contribution in [2.24, 2.45) is 5.92 Å². The molecular formula is C15H24N4O. The van der Waals surface area contributed by atoms with Crippen molar-refractivity contribution >= 4 is 0 Å². The monoisotopic (exact) mass is 276 g/mol. The van der Waals surface area contributed by atoms with Crippen LogP contribution in [0.3, 0.4) is 0 Å². The maximum Gasteiger partial charge on any atom is 0.240 e. The Morgan fingerprint density at radius 1 is 1.20 bits per heavy atom. The van der Waals surface area contributed by atoms with Crippen molar-refractivity contribution < 1.29 is 4.52 Å². The third kappa shape index (κ3) is 3.67. The van der Waals surface area contributed by atoms with Gasteiger partial charge in [-0.15, -0.1) is 0 Å². The second-order valence-corrected chi connectivity index (χ2v) is 5.96. The minimum atomic E-state index is 0.726. The molecule has 1 atom stereocenters. The Balaban J connectivity index is 1.41. The summed E-state index contributed by atoms with van der Waals surface area (Å²) >= 11 is 0. The van der Waals surface area contributed by atoms with Gasteiger partial charge in [-0.05, 0) is 32.1 Å². The zero-order valence-corrected chi connectivity index (χ0v) is 12.3. The van der Waals surface area contributed by atoms with E-state index in [0.717, 1.165) is 50.4 Å². The van der Waals surface area contributed by atoms with Crippen molar-refractivity contribution in [2.75, 3.05) is 32.7 Å². The van der Waals surface area contributed by atoms with E-state index in [-0.39, 0.29) is 0 Å². The summed E-state index contributed by atoms with van der Waals surface area (Å²) in [6, 6.07) is 0. The van der Waals surface area contributed by atoms with Gasteiger partial charge < -0.3 is 9.42 Å². The second kappa shape index (κ2) is 6.50. The van der Waals surface area contributed by atoms with Gasteiger partial charge in [0.15, 0.2) is 5.82 Å². The van der Waals surface area contributed by atoms with E-state index in [9.17, 15) is 0 Å². The van der Waals surface area contributed by atoms with Gasteiger partial charge in [0.05, 0.1) is 6.54 Å². The molecular weight excluding hydrogens is 252 g/mol. The highest BCUT2D eigenvalue weighted by Gasteiger charge is 2.21. The molecule has 2 aliphatic rings. The molecule has 2 heterocycles. The van der Waals surface area contributed by atoms with Crippen LogP contribution in [0.1, 0.15) is 31.0 Å². The highest BCUT2D eigenvalue weighted by Crippen LogP contribution is 2.20. The average molecular weight is 276 g/mol. The number of hydrogen-bond donors (Lipinski definition) is 0. The van der Waals surface area contributed by atoms with E-state index in [1.807, 2.05) is 6.92 Å². The van der Waals surface area contributed by atoms with Crippen LogP contribution in [0.15, 0.2) is 16.7 Å². The number of nitrogens with zero attached hydrogens (tertiary/aromatic N) is 4. The Morgan fingerprint density at radius 2 is 2.00 bits per heavy atom. The van der Waals surface area contributed by atoms with Gasteiger partial charge >= 0.3 is 0 Å². The Hall–Kier alpha value is -1.20. The minimum Gasteiger partial charge on any atom is -0.338 e. The molecule has 0 N–H and O–H groups in total. The van der Waals surface area contributed by atoms with Crippen LogP contribution in [0.2, 0.25) is 0 Å². The van der Waals surface area contributed by atoms with Gasteiger partial charge in [0, 0.05) is 32.7 Å². The Labute approximate surface area is 120 Å². The summed E-state index contributed by atoms with van der Waals surface area (Å²) < 4.78 is 5.19. The number of aryl methyl sites for hydroxylation is 1. The Morgan fingerprint density at radius 3 is 2.65 bits per heavy atom. The maximum atomic E-state index is 5.19. The summed E-state index contributed by atoms with van der Waals surface area (Å²) in [5.41, 5.74) is 0. The Bertz CT molecular complexity index is 448. The molecule has 1 saturated heterocycles. The van der Waals surface area contributed by atoms with Crippen LogP contribution in [-0.4, -0.2) is 52.7 Å². The molecule has 1 aromatic rings. The molecule has 1 fully saturated rings.